The second-order valence-electron chi connectivity index (χ2n) is 5.39. The monoisotopic (exact) mass is 322 g/mol. The zero-order valence-corrected chi connectivity index (χ0v) is 13.2. The molecular weight excluding hydrogens is 304 g/mol. The van der Waals surface area contributed by atoms with Crippen molar-refractivity contribution in [2.24, 2.45) is 0 Å². The molecule has 0 spiro atoms. The van der Waals surface area contributed by atoms with Crippen molar-refractivity contribution < 1.29 is 8.42 Å². The van der Waals surface area contributed by atoms with Crippen molar-refractivity contribution in [1.82, 2.24) is 19.3 Å². The molecule has 0 bridgehead atoms. The SMILES string of the molecule is CCS(=O)(=O)N1CCC(n2nnc3ccccc3c2=O)CC1. The van der Waals surface area contributed by atoms with Gasteiger partial charge in [0.2, 0.25) is 10.0 Å². The van der Waals surface area contributed by atoms with Gasteiger partial charge in [0.05, 0.1) is 17.2 Å². The molecule has 0 unspecified atom stereocenters. The fraction of sp³-hybridized carbons (Fsp3) is 0.500. The van der Waals surface area contributed by atoms with Crippen molar-refractivity contribution in [1.29, 1.82) is 0 Å². The molecule has 0 aliphatic carbocycles. The van der Waals surface area contributed by atoms with E-state index in [0.29, 0.717) is 36.8 Å². The van der Waals surface area contributed by atoms with Crippen LogP contribution in [0.15, 0.2) is 29.1 Å². The second-order valence-corrected chi connectivity index (χ2v) is 7.64. The minimum atomic E-state index is -3.16. The van der Waals surface area contributed by atoms with Crippen molar-refractivity contribution >= 4 is 20.9 Å². The number of fused-ring (bicyclic) bond motifs is 1. The molecule has 7 nitrogen and oxygen atoms in total. The number of benzene rings is 1. The van der Waals surface area contributed by atoms with Gasteiger partial charge in [-0.3, -0.25) is 4.79 Å². The van der Waals surface area contributed by atoms with Gasteiger partial charge in [0.15, 0.2) is 0 Å². The van der Waals surface area contributed by atoms with E-state index in [0.717, 1.165) is 0 Å². The predicted molar refractivity (Wildman–Crippen MR) is 83.1 cm³/mol. The largest absolute Gasteiger partial charge is 0.277 e. The predicted octanol–water partition coefficient (Wildman–Crippen LogP) is 0.778. The average molecular weight is 322 g/mol. The Bertz CT molecular complexity index is 839. The fourth-order valence-electron chi connectivity index (χ4n) is 2.79. The summed E-state index contributed by atoms with van der Waals surface area (Å²) >= 11 is 0. The van der Waals surface area contributed by atoms with Gasteiger partial charge in [-0.1, -0.05) is 17.3 Å². The normalized spacial score (nSPS) is 17.9. The molecule has 22 heavy (non-hydrogen) atoms. The average Bonchev–Trinajstić information content (AvgIpc) is 2.56. The lowest BCUT2D eigenvalue weighted by Gasteiger charge is -2.30. The molecular formula is C14H18N4O3S. The molecule has 1 aliphatic rings. The maximum Gasteiger partial charge on any atom is 0.277 e. The van der Waals surface area contributed by atoms with Crippen molar-refractivity contribution in [3.8, 4) is 0 Å². The van der Waals surface area contributed by atoms with Gasteiger partial charge < -0.3 is 0 Å². The molecule has 2 heterocycles. The van der Waals surface area contributed by atoms with E-state index in [2.05, 4.69) is 10.3 Å². The lowest BCUT2D eigenvalue weighted by molar-refractivity contribution is 0.252. The number of rotatable bonds is 3. The van der Waals surface area contributed by atoms with E-state index < -0.39 is 10.0 Å². The zero-order chi connectivity index (χ0) is 15.7. The van der Waals surface area contributed by atoms with Crippen LogP contribution in [-0.4, -0.2) is 46.6 Å². The molecule has 1 fully saturated rings. The summed E-state index contributed by atoms with van der Waals surface area (Å²) in [6.45, 7) is 2.48. The van der Waals surface area contributed by atoms with Gasteiger partial charge in [-0.05, 0) is 31.9 Å². The zero-order valence-electron chi connectivity index (χ0n) is 12.3. The van der Waals surface area contributed by atoms with Crippen molar-refractivity contribution in [2.75, 3.05) is 18.8 Å². The van der Waals surface area contributed by atoms with Gasteiger partial charge in [0, 0.05) is 13.1 Å². The highest BCUT2D eigenvalue weighted by Crippen LogP contribution is 2.22. The van der Waals surface area contributed by atoms with Crippen molar-refractivity contribution in [2.45, 2.75) is 25.8 Å². The van der Waals surface area contributed by atoms with Gasteiger partial charge in [0.1, 0.15) is 5.52 Å². The molecule has 0 N–H and O–H groups in total. The molecule has 118 valence electrons. The molecule has 0 amide bonds. The summed E-state index contributed by atoms with van der Waals surface area (Å²) in [5.74, 6) is 0.105. The number of nitrogens with zero attached hydrogens (tertiary/aromatic N) is 4. The Labute approximate surface area is 128 Å². The Kier molecular flexibility index (Phi) is 3.96. The Morgan fingerprint density at radius 1 is 1.23 bits per heavy atom. The standard InChI is InChI=1S/C14H18N4O3S/c1-2-22(20,21)17-9-7-11(8-10-17)18-14(19)12-5-3-4-6-13(12)15-16-18/h3-6,11H,2,7-10H2,1H3. The summed E-state index contributed by atoms with van der Waals surface area (Å²) in [6.07, 6.45) is 1.15. The Balaban J connectivity index is 1.85. The second kappa shape index (κ2) is 5.77. The summed E-state index contributed by atoms with van der Waals surface area (Å²) in [5.41, 5.74) is 0.414. The number of aromatic nitrogens is 3. The summed E-state index contributed by atoms with van der Waals surface area (Å²) in [5, 5.41) is 8.65. The van der Waals surface area contributed by atoms with Gasteiger partial charge >= 0.3 is 0 Å². The van der Waals surface area contributed by atoms with E-state index in [-0.39, 0.29) is 17.4 Å². The summed E-state index contributed by atoms with van der Waals surface area (Å²) in [6, 6.07) is 7.00. The fourth-order valence-corrected chi connectivity index (χ4v) is 3.92. The smallest absolute Gasteiger partial charge is 0.267 e. The molecule has 1 aromatic heterocycles. The third-order valence-corrected chi connectivity index (χ3v) is 6.00. The van der Waals surface area contributed by atoms with E-state index in [9.17, 15) is 13.2 Å². The lowest BCUT2D eigenvalue weighted by Crippen LogP contribution is -2.42. The molecule has 0 atom stereocenters. The van der Waals surface area contributed by atoms with Crippen LogP contribution in [0.25, 0.3) is 10.9 Å². The lowest BCUT2D eigenvalue weighted by atomic mass is 10.1. The molecule has 8 heteroatoms. The van der Waals surface area contributed by atoms with E-state index in [1.807, 2.05) is 6.07 Å². The Morgan fingerprint density at radius 2 is 1.91 bits per heavy atom. The topological polar surface area (TPSA) is 85.2 Å². The minimum absolute atomic E-state index is 0.104. The molecule has 3 rings (SSSR count). The van der Waals surface area contributed by atoms with Crippen LogP contribution in [0.1, 0.15) is 25.8 Å². The van der Waals surface area contributed by atoms with Crippen LogP contribution in [-0.2, 0) is 10.0 Å². The van der Waals surface area contributed by atoms with Crippen molar-refractivity contribution in [3.63, 3.8) is 0 Å². The van der Waals surface area contributed by atoms with E-state index in [1.54, 1.807) is 25.1 Å². The van der Waals surface area contributed by atoms with Crippen LogP contribution in [0.4, 0.5) is 0 Å². The highest BCUT2D eigenvalue weighted by atomic mass is 32.2. The van der Waals surface area contributed by atoms with Gasteiger partial charge in [0.25, 0.3) is 5.56 Å². The summed E-state index contributed by atoms with van der Waals surface area (Å²) in [7, 11) is -3.16. The van der Waals surface area contributed by atoms with Crippen LogP contribution < -0.4 is 5.56 Å². The number of hydrogen-bond donors (Lipinski definition) is 0. The van der Waals surface area contributed by atoms with Crippen molar-refractivity contribution in [3.05, 3.63) is 34.6 Å². The first-order valence-corrected chi connectivity index (χ1v) is 8.96. The maximum absolute atomic E-state index is 12.5. The quantitative estimate of drug-likeness (QED) is 0.833. The Hall–Kier alpha value is -1.80. The van der Waals surface area contributed by atoms with Crippen LogP contribution in [0, 0.1) is 0 Å². The van der Waals surface area contributed by atoms with E-state index >= 15 is 0 Å². The molecule has 1 aromatic carbocycles. The first-order valence-electron chi connectivity index (χ1n) is 7.35. The van der Waals surface area contributed by atoms with E-state index in [4.69, 9.17) is 0 Å². The minimum Gasteiger partial charge on any atom is -0.267 e. The van der Waals surface area contributed by atoms with E-state index in [1.165, 1.54) is 8.99 Å². The van der Waals surface area contributed by atoms with Gasteiger partial charge in [-0.2, -0.15) is 0 Å². The Morgan fingerprint density at radius 3 is 2.59 bits per heavy atom. The van der Waals surface area contributed by atoms with Gasteiger partial charge in [-0.15, -0.1) is 5.10 Å². The number of sulfonamides is 1. The third-order valence-electron chi connectivity index (χ3n) is 4.12. The summed E-state index contributed by atoms with van der Waals surface area (Å²) in [4.78, 5) is 12.5. The molecule has 0 radical (unpaired) electrons. The summed E-state index contributed by atoms with van der Waals surface area (Å²) < 4.78 is 26.6. The molecule has 2 aromatic rings. The number of piperidine rings is 1. The van der Waals surface area contributed by atoms with Gasteiger partial charge in [-0.25, -0.2) is 17.4 Å². The van der Waals surface area contributed by atoms with Crippen LogP contribution in [0.5, 0.6) is 0 Å². The molecule has 1 aliphatic heterocycles. The highest BCUT2D eigenvalue weighted by molar-refractivity contribution is 7.89. The first-order chi connectivity index (χ1) is 10.5. The first kappa shape index (κ1) is 15.1. The molecule has 1 saturated heterocycles. The van der Waals surface area contributed by atoms with Crippen LogP contribution in [0.2, 0.25) is 0 Å². The van der Waals surface area contributed by atoms with Crippen LogP contribution >= 0.6 is 0 Å². The van der Waals surface area contributed by atoms with Crippen LogP contribution in [0.3, 0.4) is 0 Å². The highest BCUT2D eigenvalue weighted by Gasteiger charge is 2.28. The number of hydrogen-bond acceptors (Lipinski definition) is 5. The maximum atomic E-state index is 12.5. The molecule has 0 saturated carbocycles. The third kappa shape index (κ3) is 2.64.